The van der Waals surface area contributed by atoms with Crippen molar-refractivity contribution in [1.82, 2.24) is 0 Å². The number of carboxylic acid groups (broad SMARTS) is 1. The van der Waals surface area contributed by atoms with Gasteiger partial charge in [-0.05, 0) is 32.1 Å². The van der Waals surface area contributed by atoms with Gasteiger partial charge < -0.3 is 15.0 Å². The molecule has 4 nitrogen and oxygen atoms in total. The molecule has 0 fully saturated rings. The number of carbonyl (C=O) groups excluding carboxylic acids is 1. The van der Waals surface area contributed by atoms with Crippen LogP contribution >= 0.6 is 0 Å². The fourth-order valence-electron chi connectivity index (χ4n) is 3.79. The number of carbonyl (C=O) groups is 1. The maximum absolute atomic E-state index is 11.9. The maximum Gasteiger partial charge on any atom is 0.145 e. The van der Waals surface area contributed by atoms with Crippen LogP contribution in [-0.2, 0) is 4.79 Å². The molecule has 1 unspecified atom stereocenters. The lowest BCUT2D eigenvalue weighted by molar-refractivity contribution is -0.899. The summed E-state index contributed by atoms with van der Waals surface area (Å²) in [5.41, 5.74) is 0. The van der Waals surface area contributed by atoms with Crippen LogP contribution in [-0.4, -0.2) is 34.7 Å². The summed E-state index contributed by atoms with van der Waals surface area (Å²) >= 11 is 0. The van der Waals surface area contributed by atoms with E-state index in [0.29, 0.717) is 23.1 Å². The number of aliphatic carboxylic acids is 1. The van der Waals surface area contributed by atoms with Crippen LogP contribution in [0.15, 0.2) is 12.0 Å². The molecule has 0 heterocycles. The molecular formula is C22H43NO3. The predicted octanol–water partition coefficient (Wildman–Crippen LogP) is 5.08. The second-order valence-electron chi connectivity index (χ2n) is 7.64. The largest absolute Gasteiger partial charge is 0.544 e. The van der Waals surface area contributed by atoms with Crippen LogP contribution in [0.25, 0.3) is 0 Å². The molecule has 0 rings (SSSR count). The van der Waals surface area contributed by atoms with Gasteiger partial charge in [-0.1, -0.05) is 59.8 Å². The summed E-state index contributed by atoms with van der Waals surface area (Å²) in [7, 11) is 0. The molecule has 0 bridgehead atoms. The quantitative estimate of drug-likeness (QED) is 0.221. The summed E-state index contributed by atoms with van der Waals surface area (Å²) in [5.74, 6) is -0.635. The molecule has 26 heavy (non-hydrogen) atoms. The first-order valence-corrected chi connectivity index (χ1v) is 10.9. The number of aliphatic hydroxyl groups is 1. The standard InChI is InChI=1S/C22H43NO3/c1-5-9-12-13-16-20(24)19-23(17-14-10-6-2,18-15-11-7-3)21(8-4)22(25)26/h19,21H,5-18H2,1-4H3,(H-,24,25,26)/b20-19-. The highest BCUT2D eigenvalue weighted by atomic mass is 16.4. The molecule has 0 aliphatic carbocycles. The lowest BCUT2D eigenvalue weighted by atomic mass is 10.0. The molecule has 154 valence electrons. The first kappa shape index (κ1) is 25.0. The van der Waals surface area contributed by atoms with Crippen molar-refractivity contribution in [2.45, 2.75) is 111 Å². The Morgan fingerprint density at radius 2 is 1.38 bits per heavy atom. The van der Waals surface area contributed by atoms with Crippen LogP contribution in [0.1, 0.15) is 105 Å². The van der Waals surface area contributed by atoms with Crippen LogP contribution < -0.4 is 5.11 Å². The lowest BCUT2D eigenvalue weighted by Gasteiger charge is -2.42. The third kappa shape index (κ3) is 9.61. The fourth-order valence-corrected chi connectivity index (χ4v) is 3.79. The van der Waals surface area contributed by atoms with Crippen molar-refractivity contribution in [2.24, 2.45) is 0 Å². The molecule has 0 aliphatic rings. The number of hydrogen-bond donors (Lipinski definition) is 1. The van der Waals surface area contributed by atoms with Gasteiger partial charge in [0.25, 0.3) is 0 Å². The Morgan fingerprint density at radius 3 is 1.81 bits per heavy atom. The Balaban J connectivity index is 5.46. The van der Waals surface area contributed by atoms with E-state index in [0.717, 1.165) is 64.5 Å². The summed E-state index contributed by atoms with van der Waals surface area (Å²) in [4.78, 5) is 11.9. The Bertz CT molecular complexity index is 383. The minimum absolute atomic E-state index is 0.346. The Kier molecular flexibility index (Phi) is 14.5. The van der Waals surface area contributed by atoms with Gasteiger partial charge in [-0.2, -0.15) is 0 Å². The van der Waals surface area contributed by atoms with E-state index in [1.54, 1.807) is 0 Å². The lowest BCUT2D eigenvalue weighted by Crippen LogP contribution is -2.59. The van der Waals surface area contributed by atoms with E-state index >= 15 is 0 Å². The summed E-state index contributed by atoms with van der Waals surface area (Å²) in [6, 6.07) is -0.582. The van der Waals surface area contributed by atoms with Crippen LogP contribution in [0.5, 0.6) is 0 Å². The summed E-state index contributed by atoms with van der Waals surface area (Å²) in [5, 5.41) is 22.4. The number of allylic oxidation sites excluding steroid dienone is 1. The highest BCUT2D eigenvalue weighted by molar-refractivity contribution is 5.69. The molecule has 0 amide bonds. The minimum atomic E-state index is -0.990. The number of rotatable bonds is 17. The molecule has 0 spiro atoms. The van der Waals surface area contributed by atoms with Gasteiger partial charge in [0.05, 0.1) is 19.1 Å². The molecule has 4 heteroatoms. The molecule has 0 saturated heterocycles. The zero-order valence-corrected chi connectivity index (χ0v) is 17.8. The second-order valence-corrected chi connectivity index (χ2v) is 7.64. The van der Waals surface area contributed by atoms with Crippen LogP contribution in [0.2, 0.25) is 0 Å². The van der Waals surface area contributed by atoms with Crippen molar-refractivity contribution < 1.29 is 19.5 Å². The smallest absolute Gasteiger partial charge is 0.145 e. The van der Waals surface area contributed by atoms with Gasteiger partial charge in [0, 0.05) is 12.8 Å². The summed E-state index contributed by atoms with van der Waals surface area (Å²) in [6.07, 6.45) is 13.8. The molecule has 0 aromatic rings. The third-order valence-corrected chi connectivity index (χ3v) is 5.33. The van der Waals surface area contributed by atoms with Crippen molar-refractivity contribution in [3.63, 3.8) is 0 Å². The molecule has 0 aliphatic heterocycles. The molecule has 0 saturated carbocycles. The Hall–Kier alpha value is -1.03. The van der Waals surface area contributed by atoms with Crippen molar-refractivity contribution in [3.05, 3.63) is 12.0 Å². The van der Waals surface area contributed by atoms with Gasteiger partial charge in [-0.3, -0.25) is 4.48 Å². The molecular weight excluding hydrogens is 326 g/mol. The third-order valence-electron chi connectivity index (χ3n) is 5.33. The number of aliphatic hydroxyl groups excluding tert-OH is 1. The van der Waals surface area contributed by atoms with Crippen molar-refractivity contribution in [3.8, 4) is 0 Å². The van der Waals surface area contributed by atoms with E-state index in [-0.39, 0.29) is 0 Å². The van der Waals surface area contributed by atoms with Gasteiger partial charge in [0.1, 0.15) is 18.0 Å². The average molecular weight is 370 g/mol. The van der Waals surface area contributed by atoms with Crippen LogP contribution in [0.3, 0.4) is 0 Å². The van der Waals surface area contributed by atoms with Crippen LogP contribution in [0.4, 0.5) is 0 Å². The minimum Gasteiger partial charge on any atom is -0.544 e. The van der Waals surface area contributed by atoms with Gasteiger partial charge in [0.2, 0.25) is 0 Å². The first-order valence-electron chi connectivity index (χ1n) is 10.9. The van der Waals surface area contributed by atoms with E-state index in [2.05, 4.69) is 20.8 Å². The van der Waals surface area contributed by atoms with Crippen molar-refractivity contribution in [2.75, 3.05) is 13.1 Å². The SMILES string of the molecule is CCCCCC/C(O)=C/[N+](CCCCC)(CCCCC)C(CC)C(=O)[O-]. The first-order chi connectivity index (χ1) is 12.5. The number of carboxylic acids is 1. The zero-order valence-electron chi connectivity index (χ0n) is 17.8. The van der Waals surface area contributed by atoms with E-state index in [9.17, 15) is 15.0 Å². The van der Waals surface area contributed by atoms with Crippen LogP contribution in [0, 0.1) is 0 Å². The summed E-state index contributed by atoms with van der Waals surface area (Å²) < 4.78 is 0.346. The van der Waals surface area contributed by atoms with Gasteiger partial charge in [-0.25, -0.2) is 0 Å². The number of hydrogen-bond acceptors (Lipinski definition) is 3. The predicted molar refractivity (Wildman–Crippen MR) is 108 cm³/mol. The monoisotopic (exact) mass is 369 g/mol. The van der Waals surface area contributed by atoms with E-state index in [1.165, 1.54) is 12.8 Å². The molecule has 0 aromatic heterocycles. The molecule has 1 N–H and O–H groups in total. The maximum atomic E-state index is 11.9. The number of unbranched alkanes of at least 4 members (excludes halogenated alkanes) is 7. The number of nitrogens with zero attached hydrogens (tertiary/aromatic N) is 1. The van der Waals surface area contributed by atoms with E-state index in [1.807, 2.05) is 13.1 Å². The van der Waals surface area contributed by atoms with Crippen molar-refractivity contribution >= 4 is 5.97 Å². The van der Waals surface area contributed by atoms with Gasteiger partial charge in [0.15, 0.2) is 0 Å². The van der Waals surface area contributed by atoms with Gasteiger partial charge in [-0.15, -0.1) is 0 Å². The average Bonchev–Trinajstić information content (AvgIpc) is 2.59. The topological polar surface area (TPSA) is 60.4 Å². The highest BCUT2D eigenvalue weighted by Gasteiger charge is 2.35. The molecule has 0 aromatic carbocycles. The highest BCUT2D eigenvalue weighted by Crippen LogP contribution is 2.24. The zero-order chi connectivity index (χ0) is 19.8. The van der Waals surface area contributed by atoms with Gasteiger partial charge >= 0.3 is 0 Å². The molecule has 1 atom stereocenters. The second kappa shape index (κ2) is 15.1. The Morgan fingerprint density at radius 1 is 0.885 bits per heavy atom. The number of quaternary nitrogens is 1. The van der Waals surface area contributed by atoms with E-state index in [4.69, 9.17) is 0 Å². The van der Waals surface area contributed by atoms with Crippen molar-refractivity contribution in [1.29, 1.82) is 0 Å². The normalized spacial score (nSPS) is 13.8. The molecule has 0 radical (unpaired) electrons. The Labute approximate surface area is 161 Å². The fraction of sp³-hybridized carbons (Fsp3) is 0.864. The summed E-state index contributed by atoms with van der Waals surface area (Å²) in [6.45, 7) is 9.93. The van der Waals surface area contributed by atoms with E-state index < -0.39 is 12.0 Å².